The third kappa shape index (κ3) is 4.55. The molecule has 2 N–H and O–H groups in total. The number of primary sulfonamides is 1. The topological polar surface area (TPSA) is 102 Å². The van der Waals surface area contributed by atoms with Gasteiger partial charge in [0.25, 0.3) is 0 Å². The van der Waals surface area contributed by atoms with Gasteiger partial charge in [-0.2, -0.15) is 4.98 Å². The van der Waals surface area contributed by atoms with Crippen LogP contribution in [0, 0.1) is 5.92 Å². The first-order chi connectivity index (χ1) is 8.96. The summed E-state index contributed by atoms with van der Waals surface area (Å²) in [5.74, 6) is 1.44. The monoisotopic (exact) mass is 288 g/mol. The SMILES string of the molecule is CCc1noc(CN2CCCC(CS(N)(=O)=O)C2)n1. The highest BCUT2D eigenvalue weighted by atomic mass is 32.2. The maximum Gasteiger partial charge on any atom is 0.240 e. The van der Waals surface area contributed by atoms with Crippen molar-refractivity contribution in [1.82, 2.24) is 15.0 Å². The average Bonchev–Trinajstić information content (AvgIpc) is 2.75. The Hall–Kier alpha value is -0.990. The van der Waals surface area contributed by atoms with E-state index in [1.165, 1.54) is 0 Å². The molecule has 1 aliphatic rings. The summed E-state index contributed by atoms with van der Waals surface area (Å²) < 4.78 is 27.4. The summed E-state index contributed by atoms with van der Waals surface area (Å²) in [5, 5.41) is 8.95. The van der Waals surface area contributed by atoms with E-state index in [2.05, 4.69) is 15.0 Å². The van der Waals surface area contributed by atoms with E-state index in [0.29, 0.717) is 24.8 Å². The lowest BCUT2D eigenvalue weighted by Crippen LogP contribution is -2.38. The van der Waals surface area contributed by atoms with Gasteiger partial charge in [-0.3, -0.25) is 4.90 Å². The van der Waals surface area contributed by atoms with Crippen molar-refractivity contribution < 1.29 is 12.9 Å². The summed E-state index contributed by atoms with van der Waals surface area (Å²) in [6.07, 6.45) is 2.61. The van der Waals surface area contributed by atoms with Crippen LogP contribution in [0.3, 0.4) is 0 Å². The second kappa shape index (κ2) is 5.98. The largest absolute Gasteiger partial charge is 0.338 e. The van der Waals surface area contributed by atoms with Gasteiger partial charge in [0.05, 0.1) is 12.3 Å². The van der Waals surface area contributed by atoms with Gasteiger partial charge >= 0.3 is 0 Å². The number of hydrogen-bond acceptors (Lipinski definition) is 6. The Morgan fingerprint density at radius 2 is 2.32 bits per heavy atom. The Balaban J connectivity index is 1.90. The minimum absolute atomic E-state index is 0.0492. The van der Waals surface area contributed by atoms with E-state index in [0.717, 1.165) is 25.8 Å². The molecule has 7 nitrogen and oxygen atoms in total. The van der Waals surface area contributed by atoms with Crippen molar-refractivity contribution in [3.05, 3.63) is 11.7 Å². The van der Waals surface area contributed by atoms with E-state index in [-0.39, 0.29) is 11.7 Å². The van der Waals surface area contributed by atoms with Gasteiger partial charge in [0.15, 0.2) is 5.82 Å². The molecular formula is C11H20N4O3S. The van der Waals surface area contributed by atoms with Crippen LogP contribution < -0.4 is 5.14 Å². The molecule has 0 aliphatic carbocycles. The zero-order chi connectivity index (χ0) is 13.9. The molecule has 0 radical (unpaired) electrons. The first-order valence-electron chi connectivity index (χ1n) is 6.50. The molecule has 0 saturated carbocycles. The molecule has 1 aromatic rings. The lowest BCUT2D eigenvalue weighted by Gasteiger charge is -2.31. The number of nitrogens with zero attached hydrogens (tertiary/aromatic N) is 3. The van der Waals surface area contributed by atoms with Gasteiger partial charge in [-0.25, -0.2) is 13.6 Å². The highest BCUT2D eigenvalue weighted by Crippen LogP contribution is 2.19. The number of sulfonamides is 1. The zero-order valence-electron chi connectivity index (χ0n) is 11.1. The second-order valence-corrected chi connectivity index (χ2v) is 6.69. The van der Waals surface area contributed by atoms with Gasteiger partial charge in [-0.15, -0.1) is 0 Å². The minimum Gasteiger partial charge on any atom is -0.338 e. The molecule has 1 fully saturated rings. The van der Waals surface area contributed by atoms with Crippen LogP contribution in [0.15, 0.2) is 4.52 Å². The Bertz CT molecular complexity index is 514. The standard InChI is InChI=1S/C11H20N4O3S/c1-2-10-13-11(18-14-10)7-15-5-3-4-9(6-15)8-19(12,16)17/h9H,2-8H2,1H3,(H2,12,16,17). The molecule has 1 aliphatic heterocycles. The summed E-state index contributed by atoms with van der Waals surface area (Å²) >= 11 is 0. The van der Waals surface area contributed by atoms with Crippen molar-refractivity contribution >= 4 is 10.0 Å². The minimum atomic E-state index is -3.40. The van der Waals surface area contributed by atoms with Crippen LogP contribution in [0.5, 0.6) is 0 Å². The fraction of sp³-hybridized carbons (Fsp3) is 0.818. The van der Waals surface area contributed by atoms with Crippen LogP contribution >= 0.6 is 0 Å². The molecule has 0 aromatic carbocycles. The second-order valence-electron chi connectivity index (χ2n) is 5.03. The molecule has 0 amide bonds. The highest BCUT2D eigenvalue weighted by Gasteiger charge is 2.24. The third-order valence-corrected chi connectivity index (χ3v) is 4.19. The summed E-state index contributed by atoms with van der Waals surface area (Å²) in [5.41, 5.74) is 0. The van der Waals surface area contributed by atoms with E-state index in [1.807, 2.05) is 6.92 Å². The maximum absolute atomic E-state index is 11.1. The van der Waals surface area contributed by atoms with Crippen LogP contribution in [0.4, 0.5) is 0 Å². The molecule has 1 aromatic heterocycles. The van der Waals surface area contributed by atoms with E-state index in [1.54, 1.807) is 0 Å². The van der Waals surface area contributed by atoms with Crippen molar-refractivity contribution in [2.45, 2.75) is 32.7 Å². The molecule has 8 heteroatoms. The first-order valence-corrected chi connectivity index (χ1v) is 8.22. The Labute approximate surface area is 113 Å². The lowest BCUT2D eigenvalue weighted by atomic mass is 10.0. The van der Waals surface area contributed by atoms with Gasteiger partial charge < -0.3 is 4.52 Å². The number of aryl methyl sites for hydroxylation is 1. The fourth-order valence-corrected chi connectivity index (χ4v) is 3.38. The van der Waals surface area contributed by atoms with E-state index in [4.69, 9.17) is 9.66 Å². The highest BCUT2D eigenvalue weighted by molar-refractivity contribution is 7.89. The summed E-state index contributed by atoms with van der Waals surface area (Å²) in [6.45, 7) is 4.18. The fourth-order valence-electron chi connectivity index (χ4n) is 2.45. The summed E-state index contributed by atoms with van der Waals surface area (Å²) in [4.78, 5) is 6.41. The van der Waals surface area contributed by atoms with Gasteiger partial charge in [0, 0.05) is 13.0 Å². The van der Waals surface area contributed by atoms with Crippen LogP contribution in [-0.4, -0.2) is 42.3 Å². The normalized spacial score (nSPS) is 21.7. The number of piperidine rings is 1. The molecule has 2 heterocycles. The molecule has 108 valence electrons. The van der Waals surface area contributed by atoms with E-state index < -0.39 is 10.0 Å². The quantitative estimate of drug-likeness (QED) is 0.826. The van der Waals surface area contributed by atoms with Gasteiger partial charge in [0.1, 0.15) is 0 Å². The first kappa shape index (κ1) is 14.4. The summed E-state index contributed by atoms with van der Waals surface area (Å²) in [6, 6.07) is 0. The Morgan fingerprint density at radius 1 is 1.53 bits per heavy atom. The average molecular weight is 288 g/mol. The van der Waals surface area contributed by atoms with Crippen molar-refractivity contribution in [3.63, 3.8) is 0 Å². The zero-order valence-corrected chi connectivity index (χ0v) is 11.9. The van der Waals surface area contributed by atoms with Crippen molar-refractivity contribution in [1.29, 1.82) is 0 Å². The van der Waals surface area contributed by atoms with E-state index >= 15 is 0 Å². The molecule has 0 bridgehead atoms. The van der Waals surface area contributed by atoms with Crippen molar-refractivity contribution in [3.8, 4) is 0 Å². The van der Waals surface area contributed by atoms with Crippen LogP contribution in [0.25, 0.3) is 0 Å². The van der Waals surface area contributed by atoms with Crippen molar-refractivity contribution in [2.75, 3.05) is 18.8 Å². The third-order valence-electron chi connectivity index (χ3n) is 3.26. The predicted octanol–water partition coefficient (Wildman–Crippen LogP) is 0.133. The maximum atomic E-state index is 11.1. The van der Waals surface area contributed by atoms with Crippen LogP contribution in [0.2, 0.25) is 0 Å². The van der Waals surface area contributed by atoms with Gasteiger partial charge in [-0.05, 0) is 25.3 Å². The number of hydrogen-bond donors (Lipinski definition) is 1. The van der Waals surface area contributed by atoms with Crippen LogP contribution in [-0.2, 0) is 23.0 Å². The number of aromatic nitrogens is 2. The molecule has 1 atom stereocenters. The van der Waals surface area contributed by atoms with Gasteiger partial charge in [0.2, 0.25) is 15.9 Å². The molecule has 1 saturated heterocycles. The van der Waals surface area contributed by atoms with Gasteiger partial charge in [-0.1, -0.05) is 12.1 Å². The Morgan fingerprint density at radius 3 is 2.95 bits per heavy atom. The van der Waals surface area contributed by atoms with E-state index in [9.17, 15) is 8.42 Å². The molecule has 0 spiro atoms. The number of nitrogens with two attached hydrogens (primary N) is 1. The molecule has 1 unspecified atom stereocenters. The van der Waals surface area contributed by atoms with Crippen molar-refractivity contribution in [2.24, 2.45) is 11.1 Å². The molecule has 19 heavy (non-hydrogen) atoms. The number of likely N-dealkylation sites (tertiary alicyclic amines) is 1. The van der Waals surface area contributed by atoms with Crippen LogP contribution in [0.1, 0.15) is 31.5 Å². The number of rotatable bonds is 5. The molecule has 2 rings (SSSR count). The summed E-state index contributed by atoms with van der Waals surface area (Å²) in [7, 11) is -3.40. The predicted molar refractivity (Wildman–Crippen MR) is 69.7 cm³/mol. The molecular weight excluding hydrogens is 268 g/mol. The smallest absolute Gasteiger partial charge is 0.240 e. The lowest BCUT2D eigenvalue weighted by molar-refractivity contribution is 0.158. The Kier molecular flexibility index (Phi) is 4.54.